The van der Waals surface area contributed by atoms with Crippen LogP contribution in [0.15, 0.2) is 17.1 Å². The molecule has 0 radical (unpaired) electrons. The Balaban J connectivity index is 1.73. The molecule has 1 aromatic rings. The van der Waals surface area contributed by atoms with Gasteiger partial charge in [-0.05, 0) is 24.5 Å². The van der Waals surface area contributed by atoms with Gasteiger partial charge in [-0.3, -0.25) is 9.36 Å². The molecule has 12 heteroatoms. The van der Waals surface area contributed by atoms with Crippen molar-refractivity contribution >= 4 is 31.7 Å². The Hall–Kier alpha value is -1.52. The smallest absolute Gasteiger partial charge is 0.462 e. The molecule has 0 aliphatic carbocycles. The van der Waals surface area contributed by atoms with Gasteiger partial charge in [0.25, 0.3) is 0 Å². The van der Waals surface area contributed by atoms with E-state index in [1.165, 1.54) is 28.6 Å². The largest absolute Gasteiger partial charge is 0.613 e. The minimum Gasteiger partial charge on any atom is -0.462 e. The van der Waals surface area contributed by atoms with E-state index in [2.05, 4.69) is 10.1 Å². The van der Waals surface area contributed by atoms with Gasteiger partial charge in [-0.15, -0.1) is 16.3 Å². The Labute approximate surface area is 149 Å². The first-order valence-electron chi connectivity index (χ1n) is 7.50. The van der Waals surface area contributed by atoms with E-state index in [0.29, 0.717) is 5.75 Å². The van der Waals surface area contributed by atoms with Crippen LogP contribution in [0.5, 0.6) is 0 Å². The third-order valence-corrected chi connectivity index (χ3v) is 4.84. The van der Waals surface area contributed by atoms with Gasteiger partial charge in [-0.2, -0.15) is 4.98 Å². The second-order valence-corrected chi connectivity index (χ2v) is 7.60. The van der Waals surface area contributed by atoms with Crippen LogP contribution in [-0.2, 0) is 23.4 Å². The molecule has 3 atom stereocenters. The molecule has 1 aromatic heterocycles. The van der Waals surface area contributed by atoms with Crippen LogP contribution < -0.4 is 16.5 Å². The zero-order valence-electron chi connectivity index (χ0n) is 13.8. The summed E-state index contributed by atoms with van der Waals surface area (Å²) in [5.74, 6) is 0.152. The monoisotopic (exact) mass is 391 g/mol. The zero-order chi connectivity index (χ0) is 18.4. The summed E-state index contributed by atoms with van der Waals surface area (Å²) in [6.07, 6.45) is 0.784. The molecule has 3 unspecified atom stereocenters. The molecule has 1 fully saturated rings. The summed E-state index contributed by atoms with van der Waals surface area (Å²) in [5.41, 5.74) is 4.56. The van der Waals surface area contributed by atoms with E-state index >= 15 is 0 Å². The van der Waals surface area contributed by atoms with E-state index in [9.17, 15) is 14.2 Å². The predicted octanol–water partition coefficient (Wildman–Crippen LogP) is 0.629. The van der Waals surface area contributed by atoms with Crippen molar-refractivity contribution in [2.75, 3.05) is 24.6 Å². The number of hydrogen-bond donors (Lipinski definition) is 2. The van der Waals surface area contributed by atoms with E-state index in [1.807, 2.05) is 0 Å². The Morgan fingerprint density at radius 1 is 1.64 bits per heavy atom. The molecule has 0 spiro atoms. The lowest BCUT2D eigenvalue weighted by Gasteiger charge is -2.13. The summed E-state index contributed by atoms with van der Waals surface area (Å²) in [6, 6.07) is 1.51. The van der Waals surface area contributed by atoms with Gasteiger partial charge in [-0.1, -0.05) is 5.09 Å². The topological polar surface area (TPSA) is 135 Å². The average Bonchev–Trinajstić information content (AvgIpc) is 2.99. The average molecular weight is 391 g/mol. The van der Waals surface area contributed by atoms with E-state index in [0.717, 1.165) is 0 Å². The lowest BCUT2D eigenvalue weighted by Crippen LogP contribution is -2.28. The Kier molecular flexibility index (Phi) is 7.33. The first kappa shape index (κ1) is 19.8. The maximum atomic E-state index is 11.8. The molecule has 2 rings (SSSR count). The molecule has 1 aliphatic heterocycles. The van der Waals surface area contributed by atoms with Crippen molar-refractivity contribution in [3.63, 3.8) is 0 Å². The van der Waals surface area contributed by atoms with E-state index in [1.54, 1.807) is 13.8 Å². The van der Waals surface area contributed by atoms with E-state index < -0.39 is 31.5 Å². The molecule has 10 nitrogen and oxygen atoms in total. The number of aromatic nitrogens is 2. The summed E-state index contributed by atoms with van der Waals surface area (Å²) >= 11 is 1.42. The van der Waals surface area contributed by atoms with Gasteiger partial charge in [0.1, 0.15) is 30.6 Å². The molecule has 0 saturated carbocycles. The highest BCUT2D eigenvalue weighted by atomic mass is 32.2. The molecular weight excluding hydrogens is 371 g/mol. The lowest BCUT2D eigenvalue weighted by atomic mass is 10.5. The van der Waals surface area contributed by atoms with Gasteiger partial charge in [-0.25, -0.2) is 4.79 Å². The third kappa shape index (κ3) is 6.37. The predicted molar refractivity (Wildman–Crippen MR) is 92.1 cm³/mol. The van der Waals surface area contributed by atoms with Crippen LogP contribution in [0.4, 0.5) is 5.82 Å². The van der Waals surface area contributed by atoms with Crippen LogP contribution in [0.3, 0.4) is 0 Å². The SMILES string of the molecule is CC(C)OC(=O)CN[P+](=O)OCC1OC(n2ccc(N)nc2=O)CS1. The first-order valence-corrected chi connectivity index (χ1v) is 9.72. The highest BCUT2D eigenvalue weighted by Gasteiger charge is 2.31. The first-order chi connectivity index (χ1) is 11.8. The molecule has 0 amide bonds. The van der Waals surface area contributed by atoms with Crippen molar-refractivity contribution in [1.82, 2.24) is 14.6 Å². The fourth-order valence-corrected chi connectivity index (χ4v) is 3.64. The third-order valence-electron chi connectivity index (χ3n) is 2.94. The van der Waals surface area contributed by atoms with E-state index in [4.69, 9.17) is 19.7 Å². The molecule has 25 heavy (non-hydrogen) atoms. The maximum absolute atomic E-state index is 11.8. The number of nitrogens with two attached hydrogens (primary N) is 1. The second kappa shape index (κ2) is 9.25. The summed E-state index contributed by atoms with van der Waals surface area (Å²) in [4.78, 5) is 26.7. The number of anilines is 1. The molecule has 3 N–H and O–H groups in total. The molecule has 2 heterocycles. The molecule has 1 aliphatic rings. The van der Waals surface area contributed by atoms with Crippen LogP contribution in [0.1, 0.15) is 20.1 Å². The number of esters is 1. The number of hydrogen-bond acceptors (Lipinski definition) is 9. The van der Waals surface area contributed by atoms with Crippen molar-refractivity contribution in [1.29, 1.82) is 0 Å². The second-order valence-electron chi connectivity index (χ2n) is 5.32. The van der Waals surface area contributed by atoms with Gasteiger partial charge >= 0.3 is 19.8 Å². The molecule has 0 bridgehead atoms. The van der Waals surface area contributed by atoms with Crippen molar-refractivity contribution in [3.05, 3.63) is 22.7 Å². The number of nitrogens with zero attached hydrogens (tertiary/aromatic N) is 2. The van der Waals surface area contributed by atoms with Gasteiger partial charge in [0.2, 0.25) is 0 Å². The fourth-order valence-electron chi connectivity index (χ4n) is 1.93. The normalized spacial score (nSPS) is 20.7. The van der Waals surface area contributed by atoms with Crippen LogP contribution in [0.2, 0.25) is 0 Å². The fraction of sp³-hybridized carbons (Fsp3) is 0.615. The molecule has 138 valence electrons. The Bertz CT molecular complexity index is 685. The number of thioether (sulfide) groups is 1. The van der Waals surface area contributed by atoms with Crippen molar-refractivity contribution in [2.24, 2.45) is 0 Å². The summed E-state index contributed by atoms with van der Waals surface area (Å²) < 4.78 is 28.7. The van der Waals surface area contributed by atoms with Crippen LogP contribution in [0, 0.1) is 0 Å². The maximum Gasteiger partial charge on any atom is 0.613 e. The highest BCUT2D eigenvalue weighted by molar-refractivity contribution is 8.00. The van der Waals surface area contributed by atoms with Crippen LogP contribution >= 0.6 is 19.9 Å². The zero-order valence-corrected chi connectivity index (χ0v) is 15.5. The van der Waals surface area contributed by atoms with Crippen LogP contribution in [0.25, 0.3) is 0 Å². The number of nitrogen functional groups attached to an aromatic ring is 1. The molecule has 1 saturated heterocycles. The standard InChI is InChI=1S/C13H19N4O6PS/c1-8(2)22-11(18)5-15-24(20)21-6-12-23-10(7-25-12)17-4-3-9(14)16-13(17)19/h3-4,8,10,12H,5-7H2,1-2H3,(H2-,14,15,16,19,20)/p+1. The van der Waals surface area contributed by atoms with Crippen LogP contribution in [-0.4, -0.2) is 46.0 Å². The van der Waals surface area contributed by atoms with Crippen molar-refractivity contribution in [3.8, 4) is 0 Å². The molecule has 0 aromatic carbocycles. The lowest BCUT2D eigenvalue weighted by molar-refractivity contribution is -0.145. The molecular formula is C13H20N4O6PS+. The van der Waals surface area contributed by atoms with Crippen molar-refractivity contribution < 1.29 is 23.4 Å². The van der Waals surface area contributed by atoms with Crippen molar-refractivity contribution in [2.45, 2.75) is 31.6 Å². The highest BCUT2D eigenvalue weighted by Crippen LogP contribution is 2.32. The number of carbonyl (C=O) groups is 1. The number of rotatable bonds is 8. The number of carbonyl (C=O) groups excluding carboxylic acids is 1. The Morgan fingerprint density at radius 3 is 3.08 bits per heavy atom. The summed E-state index contributed by atoms with van der Waals surface area (Å²) in [5, 5.41) is 2.44. The quantitative estimate of drug-likeness (QED) is 0.480. The minimum absolute atomic E-state index is 0.0414. The number of ether oxygens (including phenoxy) is 2. The van der Waals surface area contributed by atoms with Gasteiger partial charge in [0, 0.05) is 11.9 Å². The number of nitrogens with one attached hydrogen (secondary N) is 1. The summed E-state index contributed by atoms with van der Waals surface area (Å²) in [6.45, 7) is 3.28. The van der Waals surface area contributed by atoms with Gasteiger partial charge in [0.05, 0.1) is 6.10 Å². The van der Waals surface area contributed by atoms with Gasteiger partial charge < -0.3 is 15.2 Å². The van der Waals surface area contributed by atoms with Gasteiger partial charge in [0.15, 0.2) is 0 Å². The van der Waals surface area contributed by atoms with E-state index in [-0.39, 0.29) is 25.1 Å². The minimum atomic E-state index is -2.22. The summed E-state index contributed by atoms with van der Waals surface area (Å²) in [7, 11) is -2.22. The Morgan fingerprint density at radius 2 is 2.40 bits per heavy atom.